The summed E-state index contributed by atoms with van der Waals surface area (Å²) in [5.74, 6) is 0.780. The molecule has 0 radical (unpaired) electrons. The zero-order chi connectivity index (χ0) is 17.3. The Labute approximate surface area is 145 Å². The summed E-state index contributed by atoms with van der Waals surface area (Å²) < 4.78 is 11.3. The van der Waals surface area contributed by atoms with Gasteiger partial charge < -0.3 is 19.5 Å². The fourth-order valence-electron chi connectivity index (χ4n) is 5.85. The van der Waals surface area contributed by atoms with Crippen molar-refractivity contribution in [1.29, 1.82) is 0 Å². The van der Waals surface area contributed by atoms with E-state index in [4.69, 9.17) is 9.47 Å². The van der Waals surface area contributed by atoms with E-state index in [1.807, 2.05) is 12.1 Å². The van der Waals surface area contributed by atoms with Gasteiger partial charge in [-0.15, -0.1) is 0 Å². The van der Waals surface area contributed by atoms with Crippen LogP contribution in [0.2, 0.25) is 0 Å². The number of rotatable bonds is 1. The first-order valence-electron chi connectivity index (χ1n) is 8.92. The predicted octanol–water partition coefficient (Wildman–Crippen LogP) is 1.55. The van der Waals surface area contributed by atoms with E-state index < -0.39 is 0 Å². The van der Waals surface area contributed by atoms with Gasteiger partial charge in [-0.25, -0.2) is 4.79 Å². The fourth-order valence-corrected chi connectivity index (χ4v) is 5.85. The summed E-state index contributed by atoms with van der Waals surface area (Å²) in [6, 6.07) is 3.77. The zero-order valence-electron chi connectivity index (χ0n) is 14.2. The Hall–Kier alpha value is -2.08. The van der Waals surface area contributed by atoms with Gasteiger partial charge in [-0.3, -0.25) is 4.79 Å². The van der Waals surface area contributed by atoms with Crippen LogP contribution in [0.4, 0.5) is 4.79 Å². The van der Waals surface area contributed by atoms with E-state index in [2.05, 4.69) is 0 Å². The number of benzene rings is 1. The minimum Gasteiger partial charge on any atom is -0.489 e. The first kappa shape index (κ1) is 15.2. The number of carbonyl (C=O) groups is 2. The molecule has 2 fully saturated rings. The number of aliphatic hydroxyl groups is 1. The Kier molecular flexibility index (Phi) is 3.02. The van der Waals surface area contributed by atoms with E-state index in [1.165, 1.54) is 7.11 Å². The summed E-state index contributed by atoms with van der Waals surface area (Å²) in [7, 11) is 1.39. The van der Waals surface area contributed by atoms with Crippen molar-refractivity contribution in [2.24, 2.45) is 5.92 Å². The van der Waals surface area contributed by atoms with Crippen LogP contribution in [0.15, 0.2) is 12.1 Å². The Bertz CT molecular complexity index is 790. The van der Waals surface area contributed by atoms with Gasteiger partial charge in [0.15, 0.2) is 0 Å². The highest BCUT2D eigenvalue weighted by atomic mass is 16.5. The molecule has 2 bridgehead atoms. The van der Waals surface area contributed by atoms with Gasteiger partial charge in [0.1, 0.15) is 17.6 Å². The van der Waals surface area contributed by atoms with Crippen LogP contribution >= 0.6 is 0 Å². The number of nitrogens with zero attached hydrogens (tertiary/aromatic N) is 1. The van der Waals surface area contributed by atoms with Crippen LogP contribution in [0, 0.1) is 5.92 Å². The normalized spacial score (nSPS) is 34.4. The van der Waals surface area contributed by atoms with Gasteiger partial charge in [-0.2, -0.15) is 0 Å². The number of hydrogen-bond donors (Lipinski definition) is 1. The molecular formula is C19H21NO5. The number of Topliss-reactive ketones (excluding diaryl/α,β-unsaturated/α-hetero) is 1. The first-order valence-corrected chi connectivity index (χ1v) is 8.92. The highest BCUT2D eigenvalue weighted by molar-refractivity contribution is 5.88. The molecule has 6 heteroatoms. The zero-order valence-corrected chi connectivity index (χ0v) is 14.2. The second-order valence-electron chi connectivity index (χ2n) is 7.56. The van der Waals surface area contributed by atoms with Gasteiger partial charge in [0, 0.05) is 35.5 Å². The molecule has 25 heavy (non-hydrogen) atoms. The number of ketones is 1. The largest absolute Gasteiger partial charge is 0.489 e. The summed E-state index contributed by atoms with van der Waals surface area (Å²) >= 11 is 0. The Morgan fingerprint density at radius 1 is 1.48 bits per heavy atom. The molecule has 0 aromatic heterocycles. The minimum atomic E-state index is -0.357. The molecule has 4 atom stereocenters. The van der Waals surface area contributed by atoms with Gasteiger partial charge in [-0.05, 0) is 24.8 Å². The Balaban J connectivity index is 1.74. The van der Waals surface area contributed by atoms with Crippen molar-refractivity contribution in [3.05, 3.63) is 28.8 Å². The maximum absolute atomic E-state index is 12.9. The van der Waals surface area contributed by atoms with E-state index in [0.717, 1.165) is 22.4 Å². The smallest absolute Gasteiger partial charge is 0.409 e. The van der Waals surface area contributed by atoms with E-state index in [-0.39, 0.29) is 42.0 Å². The SMILES string of the molecule is COC(=O)N1CC[C@]23c4c5ccc(CO)c4OC2CCC(=O)C3[C@H]1C5. The number of methoxy groups -OCH3 is 1. The van der Waals surface area contributed by atoms with Crippen molar-refractivity contribution in [3.8, 4) is 5.75 Å². The van der Waals surface area contributed by atoms with Crippen molar-refractivity contribution in [1.82, 2.24) is 4.90 Å². The van der Waals surface area contributed by atoms with E-state index in [9.17, 15) is 14.7 Å². The van der Waals surface area contributed by atoms with E-state index in [0.29, 0.717) is 32.2 Å². The van der Waals surface area contributed by atoms with Crippen molar-refractivity contribution < 1.29 is 24.2 Å². The summed E-state index contributed by atoms with van der Waals surface area (Å²) in [6.45, 7) is 0.505. The van der Waals surface area contributed by atoms with Crippen LogP contribution < -0.4 is 4.74 Å². The summed E-state index contributed by atoms with van der Waals surface area (Å²) in [5.41, 5.74) is 2.71. The number of amides is 1. The highest BCUT2D eigenvalue weighted by Gasteiger charge is 2.66. The van der Waals surface area contributed by atoms with Gasteiger partial charge in [0.2, 0.25) is 0 Å². The topological polar surface area (TPSA) is 76.1 Å². The molecule has 1 aromatic carbocycles. The van der Waals surface area contributed by atoms with Gasteiger partial charge in [-0.1, -0.05) is 12.1 Å². The molecule has 1 N–H and O–H groups in total. The average Bonchev–Trinajstić information content (AvgIpc) is 2.95. The quantitative estimate of drug-likeness (QED) is 0.837. The summed E-state index contributed by atoms with van der Waals surface area (Å²) in [4.78, 5) is 27.0. The molecule has 4 aliphatic rings. The van der Waals surface area contributed by atoms with Crippen molar-refractivity contribution in [2.45, 2.75) is 49.9 Å². The fraction of sp³-hybridized carbons (Fsp3) is 0.579. The van der Waals surface area contributed by atoms with Crippen LogP contribution in [0.25, 0.3) is 0 Å². The van der Waals surface area contributed by atoms with Crippen LogP contribution in [-0.2, 0) is 28.0 Å². The van der Waals surface area contributed by atoms with Crippen molar-refractivity contribution in [2.75, 3.05) is 13.7 Å². The molecule has 1 spiro atoms. The van der Waals surface area contributed by atoms with Crippen molar-refractivity contribution >= 4 is 11.9 Å². The van der Waals surface area contributed by atoms with Crippen LogP contribution in [-0.4, -0.2) is 47.7 Å². The summed E-state index contributed by atoms with van der Waals surface area (Å²) in [5, 5.41) is 9.72. The molecular weight excluding hydrogens is 322 g/mol. The molecule has 1 saturated carbocycles. The first-order chi connectivity index (χ1) is 12.1. The molecule has 6 nitrogen and oxygen atoms in total. The molecule has 2 aliphatic heterocycles. The second kappa shape index (κ2) is 4.97. The van der Waals surface area contributed by atoms with Crippen LogP contribution in [0.1, 0.15) is 36.0 Å². The maximum atomic E-state index is 12.9. The van der Waals surface area contributed by atoms with Crippen LogP contribution in [0.3, 0.4) is 0 Å². The molecule has 2 unspecified atom stereocenters. The maximum Gasteiger partial charge on any atom is 0.409 e. The minimum absolute atomic E-state index is 0.0424. The third-order valence-electron chi connectivity index (χ3n) is 6.74. The Morgan fingerprint density at radius 2 is 2.32 bits per heavy atom. The number of aliphatic hydroxyl groups excluding tert-OH is 1. The molecule has 1 aromatic rings. The number of hydrogen-bond acceptors (Lipinski definition) is 5. The highest BCUT2D eigenvalue weighted by Crippen LogP contribution is 2.62. The third-order valence-corrected chi connectivity index (χ3v) is 6.74. The van der Waals surface area contributed by atoms with Gasteiger partial charge in [0.25, 0.3) is 0 Å². The lowest BCUT2D eigenvalue weighted by molar-refractivity contribution is -0.139. The molecule has 1 amide bonds. The number of carbonyl (C=O) groups excluding carboxylic acids is 2. The Morgan fingerprint density at radius 3 is 3.08 bits per heavy atom. The standard InChI is InChI=1S/C19H21NO5/c1-24-18(23)20-7-6-19-14-5-4-13(22)16(19)12(20)8-10-2-3-11(9-21)17(25-14)15(10)19/h2-3,12,14,16,21H,4-9H2,1H3/t12-,14?,16?,19-/m1/s1. The number of likely N-dealkylation sites (tertiary alicyclic amines) is 1. The van der Waals surface area contributed by atoms with E-state index in [1.54, 1.807) is 4.90 Å². The van der Waals surface area contributed by atoms with Gasteiger partial charge >= 0.3 is 6.09 Å². The lowest BCUT2D eigenvalue weighted by Crippen LogP contribution is -2.67. The number of ether oxygens (including phenoxy) is 2. The number of piperidine rings is 1. The molecule has 5 rings (SSSR count). The second-order valence-corrected chi connectivity index (χ2v) is 7.56. The lowest BCUT2D eigenvalue weighted by atomic mass is 9.51. The average molecular weight is 343 g/mol. The predicted molar refractivity (Wildman–Crippen MR) is 87.4 cm³/mol. The van der Waals surface area contributed by atoms with Gasteiger partial charge in [0.05, 0.1) is 19.6 Å². The molecule has 2 aliphatic carbocycles. The lowest BCUT2D eigenvalue weighted by Gasteiger charge is -2.56. The van der Waals surface area contributed by atoms with Crippen LogP contribution in [0.5, 0.6) is 5.75 Å². The van der Waals surface area contributed by atoms with Crippen molar-refractivity contribution in [3.63, 3.8) is 0 Å². The molecule has 2 heterocycles. The monoisotopic (exact) mass is 343 g/mol. The third kappa shape index (κ3) is 1.68. The van der Waals surface area contributed by atoms with E-state index >= 15 is 0 Å². The molecule has 132 valence electrons. The summed E-state index contributed by atoms with van der Waals surface area (Å²) in [6.07, 6.45) is 2.13. The molecule has 1 saturated heterocycles.